The van der Waals surface area contributed by atoms with E-state index in [-0.39, 0.29) is 24.8 Å². The number of benzene rings is 2. The molecule has 0 saturated carbocycles. The first kappa shape index (κ1) is 16.8. The number of aromatic nitrogens is 2. The normalized spacial score (nSPS) is 10.6. The first-order valence-electron chi connectivity index (χ1n) is 5.92. The Morgan fingerprint density at radius 3 is 2.38 bits per heavy atom. The summed E-state index contributed by atoms with van der Waals surface area (Å²) in [7, 11) is 0. The third-order valence-corrected chi connectivity index (χ3v) is 2.65. The molecule has 0 fully saturated rings. The molecule has 2 aromatic carbocycles. The lowest BCUT2D eigenvalue weighted by Gasteiger charge is -2.03. The number of H-pyrrole nitrogens is 1. The van der Waals surface area contributed by atoms with Gasteiger partial charge in [0.2, 0.25) is 11.9 Å². The molecule has 0 aliphatic heterocycles. The van der Waals surface area contributed by atoms with Crippen LogP contribution in [0.4, 0.5) is 11.6 Å². The molecular weight excluding hydrogens is 309 g/mol. The highest BCUT2D eigenvalue weighted by Crippen LogP contribution is 2.15. The fourth-order valence-corrected chi connectivity index (χ4v) is 1.80. The van der Waals surface area contributed by atoms with Crippen molar-refractivity contribution in [2.24, 2.45) is 10.7 Å². The standard InChI is InChI=1S/C14H13N5.2ClH/c15-13(16-10-6-2-1-3-7-10)19-14-17-11-8-4-5-9-12(11)18-14;;/h1-9H,(H4,15,16,17,18,19);2*1H. The minimum absolute atomic E-state index is 0. The van der Waals surface area contributed by atoms with Crippen LogP contribution in [0.25, 0.3) is 11.0 Å². The summed E-state index contributed by atoms with van der Waals surface area (Å²) in [6.45, 7) is 0. The Hall–Kier alpha value is -2.24. The Morgan fingerprint density at radius 1 is 1.00 bits per heavy atom. The molecule has 110 valence electrons. The van der Waals surface area contributed by atoms with E-state index in [1.807, 2.05) is 54.6 Å². The average Bonchev–Trinajstić information content (AvgIpc) is 2.81. The number of anilines is 1. The fraction of sp³-hybridized carbons (Fsp3) is 0. The molecular formula is C14H15Cl2N5. The van der Waals surface area contributed by atoms with Crippen molar-refractivity contribution >= 4 is 53.4 Å². The van der Waals surface area contributed by atoms with Crippen LogP contribution in [-0.4, -0.2) is 15.9 Å². The average molecular weight is 324 g/mol. The van der Waals surface area contributed by atoms with Gasteiger partial charge in [-0.3, -0.25) is 0 Å². The van der Waals surface area contributed by atoms with E-state index in [2.05, 4.69) is 20.3 Å². The number of imidazole rings is 1. The van der Waals surface area contributed by atoms with Gasteiger partial charge in [-0.25, -0.2) is 4.98 Å². The molecule has 3 rings (SSSR count). The Bertz CT molecular complexity index is 691. The van der Waals surface area contributed by atoms with E-state index in [4.69, 9.17) is 5.73 Å². The van der Waals surface area contributed by atoms with Gasteiger partial charge in [-0.05, 0) is 24.3 Å². The number of guanidine groups is 1. The molecule has 0 radical (unpaired) electrons. The summed E-state index contributed by atoms with van der Waals surface area (Å²) < 4.78 is 0. The van der Waals surface area contributed by atoms with Gasteiger partial charge in [-0.1, -0.05) is 30.3 Å². The van der Waals surface area contributed by atoms with Crippen molar-refractivity contribution < 1.29 is 0 Å². The molecule has 0 aliphatic carbocycles. The van der Waals surface area contributed by atoms with Gasteiger partial charge in [-0.15, -0.1) is 24.8 Å². The van der Waals surface area contributed by atoms with E-state index >= 15 is 0 Å². The maximum atomic E-state index is 5.84. The lowest BCUT2D eigenvalue weighted by atomic mass is 10.3. The van der Waals surface area contributed by atoms with Crippen molar-refractivity contribution in [1.82, 2.24) is 9.97 Å². The summed E-state index contributed by atoms with van der Waals surface area (Å²) in [5, 5.41) is 3.00. The molecule has 1 heterocycles. The number of para-hydroxylation sites is 3. The highest BCUT2D eigenvalue weighted by Gasteiger charge is 2.01. The van der Waals surface area contributed by atoms with Crippen molar-refractivity contribution in [3.8, 4) is 0 Å². The summed E-state index contributed by atoms with van der Waals surface area (Å²) in [5.41, 5.74) is 8.54. The van der Waals surface area contributed by atoms with Crippen LogP contribution in [-0.2, 0) is 0 Å². The lowest BCUT2D eigenvalue weighted by Crippen LogP contribution is -2.21. The van der Waals surface area contributed by atoms with Crippen LogP contribution >= 0.6 is 24.8 Å². The predicted octanol–water partition coefficient (Wildman–Crippen LogP) is 3.46. The second-order valence-corrected chi connectivity index (χ2v) is 4.07. The van der Waals surface area contributed by atoms with Crippen LogP contribution in [0.1, 0.15) is 0 Å². The summed E-state index contributed by atoms with van der Waals surface area (Å²) in [6.07, 6.45) is 0. The van der Waals surface area contributed by atoms with Crippen LogP contribution in [0.15, 0.2) is 59.6 Å². The van der Waals surface area contributed by atoms with E-state index in [1.54, 1.807) is 0 Å². The van der Waals surface area contributed by atoms with Crippen LogP contribution in [0.2, 0.25) is 0 Å². The third kappa shape index (κ3) is 4.11. The molecule has 1 aromatic heterocycles. The van der Waals surface area contributed by atoms with Crippen molar-refractivity contribution in [1.29, 1.82) is 0 Å². The summed E-state index contributed by atoms with van der Waals surface area (Å²) >= 11 is 0. The minimum Gasteiger partial charge on any atom is -0.369 e. The van der Waals surface area contributed by atoms with Gasteiger partial charge in [0, 0.05) is 5.69 Å². The van der Waals surface area contributed by atoms with Gasteiger partial charge in [0.25, 0.3) is 0 Å². The Labute approximate surface area is 134 Å². The van der Waals surface area contributed by atoms with Crippen molar-refractivity contribution in [3.05, 3.63) is 54.6 Å². The lowest BCUT2D eigenvalue weighted by molar-refractivity contribution is 1.25. The maximum absolute atomic E-state index is 5.84. The SMILES string of the molecule is Cl.Cl.N/C(=N\c1nc2ccccc2[nH]1)Nc1ccccc1. The molecule has 0 atom stereocenters. The largest absolute Gasteiger partial charge is 0.369 e. The fourth-order valence-electron chi connectivity index (χ4n) is 1.80. The van der Waals surface area contributed by atoms with Crippen molar-refractivity contribution in [3.63, 3.8) is 0 Å². The molecule has 0 spiro atoms. The number of halogens is 2. The van der Waals surface area contributed by atoms with Crippen LogP contribution in [0, 0.1) is 0 Å². The number of hydrogen-bond acceptors (Lipinski definition) is 2. The Kier molecular flexibility index (Phi) is 6.02. The van der Waals surface area contributed by atoms with Crippen LogP contribution < -0.4 is 11.1 Å². The molecule has 0 bridgehead atoms. The van der Waals surface area contributed by atoms with Gasteiger partial charge in [0.1, 0.15) is 0 Å². The van der Waals surface area contributed by atoms with E-state index in [0.29, 0.717) is 11.9 Å². The third-order valence-electron chi connectivity index (χ3n) is 2.65. The first-order chi connectivity index (χ1) is 9.31. The maximum Gasteiger partial charge on any atom is 0.231 e. The highest BCUT2D eigenvalue weighted by atomic mass is 35.5. The Balaban J connectivity index is 0.00000110. The second-order valence-electron chi connectivity index (χ2n) is 4.07. The molecule has 0 unspecified atom stereocenters. The number of aromatic amines is 1. The topological polar surface area (TPSA) is 79.1 Å². The monoisotopic (exact) mass is 323 g/mol. The van der Waals surface area contributed by atoms with Crippen molar-refractivity contribution in [2.75, 3.05) is 5.32 Å². The summed E-state index contributed by atoms with van der Waals surface area (Å²) in [5.74, 6) is 0.785. The summed E-state index contributed by atoms with van der Waals surface area (Å²) in [6, 6.07) is 17.4. The molecule has 21 heavy (non-hydrogen) atoms. The van der Waals surface area contributed by atoms with Gasteiger partial charge < -0.3 is 16.0 Å². The molecule has 7 heteroatoms. The number of fused-ring (bicyclic) bond motifs is 1. The molecule has 0 saturated heterocycles. The van der Waals surface area contributed by atoms with E-state index in [9.17, 15) is 0 Å². The van der Waals surface area contributed by atoms with E-state index in [1.165, 1.54) is 0 Å². The van der Waals surface area contributed by atoms with Gasteiger partial charge in [0.15, 0.2) is 0 Å². The second kappa shape index (κ2) is 7.52. The van der Waals surface area contributed by atoms with Gasteiger partial charge >= 0.3 is 0 Å². The van der Waals surface area contributed by atoms with Gasteiger partial charge in [0.05, 0.1) is 11.0 Å². The molecule has 3 aromatic rings. The zero-order valence-corrected chi connectivity index (χ0v) is 12.6. The molecule has 0 aliphatic rings. The first-order valence-corrected chi connectivity index (χ1v) is 5.92. The van der Waals surface area contributed by atoms with Crippen LogP contribution in [0.5, 0.6) is 0 Å². The number of nitrogens with two attached hydrogens (primary N) is 1. The minimum atomic E-state index is 0. The quantitative estimate of drug-likeness (QED) is 0.499. The summed E-state index contributed by atoms with van der Waals surface area (Å²) in [4.78, 5) is 11.6. The van der Waals surface area contributed by atoms with Crippen LogP contribution in [0.3, 0.4) is 0 Å². The zero-order valence-electron chi connectivity index (χ0n) is 11.0. The molecule has 5 nitrogen and oxygen atoms in total. The molecule has 0 amide bonds. The number of hydrogen-bond donors (Lipinski definition) is 3. The smallest absolute Gasteiger partial charge is 0.231 e. The zero-order chi connectivity index (χ0) is 13.1. The Morgan fingerprint density at radius 2 is 1.67 bits per heavy atom. The number of aliphatic imine (C=N–C) groups is 1. The number of rotatable bonds is 2. The van der Waals surface area contributed by atoms with Crippen molar-refractivity contribution in [2.45, 2.75) is 0 Å². The number of nitrogens with one attached hydrogen (secondary N) is 2. The van der Waals surface area contributed by atoms with Gasteiger partial charge in [-0.2, -0.15) is 4.99 Å². The molecule has 4 N–H and O–H groups in total. The van der Waals surface area contributed by atoms with E-state index in [0.717, 1.165) is 16.7 Å². The number of nitrogens with zero attached hydrogens (tertiary/aromatic N) is 2. The van der Waals surface area contributed by atoms with E-state index < -0.39 is 0 Å². The highest BCUT2D eigenvalue weighted by molar-refractivity contribution is 5.94. The predicted molar refractivity (Wildman–Crippen MR) is 91.9 cm³/mol.